The summed E-state index contributed by atoms with van der Waals surface area (Å²) in [6.07, 6.45) is 0.238. The van der Waals surface area contributed by atoms with E-state index >= 15 is 0 Å². The topological polar surface area (TPSA) is 103 Å². The van der Waals surface area contributed by atoms with E-state index in [2.05, 4.69) is 0 Å². The molecule has 0 aliphatic carbocycles. The highest BCUT2D eigenvalue weighted by Gasteiger charge is 2.30. The van der Waals surface area contributed by atoms with Gasteiger partial charge in [0, 0.05) is 12.1 Å². The summed E-state index contributed by atoms with van der Waals surface area (Å²) < 4.78 is 0.0538. The van der Waals surface area contributed by atoms with E-state index in [0.717, 1.165) is 16.8 Å². The van der Waals surface area contributed by atoms with Crippen LogP contribution in [0.25, 0.3) is 0 Å². The molecule has 10 heteroatoms. The molecular weight excluding hydrogens is 388 g/mol. The van der Waals surface area contributed by atoms with Crippen molar-refractivity contribution in [3.05, 3.63) is 35.0 Å². The predicted molar refractivity (Wildman–Crippen MR) is 98.5 cm³/mol. The molecule has 0 amide bonds. The number of nitrogens with two attached hydrogens (primary N) is 2. The van der Waals surface area contributed by atoms with Crippen LogP contribution >= 0.6 is 48.0 Å². The quantitative estimate of drug-likeness (QED) is 0.247. The first-order valence-electron chi connectivity index (χ1n) is 6.52. The molecule has 0 spiro atoms. The maximum Gasteiger partial charge on any atom is 0.320 e. The van der Waals surface area contributed by atoms with Crippen molar-refractivity contribution >= 4 is 59.7 Å². The van der Waals surface area contributed by atoms with Crippen LogP contribution in [-0.2, 0) is 11.2 Å². The Morgan fingerprint density at radius 2 is 1.70 bits per heavy atom. The van der Waals surface area contributed by atoms with Crippen LogP contribution in [0.3, 0.4) is 0 Å². The Hall–Kier alpha value is -0.310. The lowest BCUT2D eigenvalue weighted by atomic mass is 10.1. The third-order valence-electron chi connectivity index (χ3n) is 3.39. The third-order valence-corrected chi connectivity index (χ3v) is 3.73. The molecule has 0 aromatic heterocycles. The van der Waals surface area contributed by atoms with Gasteiger partial charge < -0.3 is 16.0 Å². The molecule has 0 unspecified atom stereocenters. The van der Waals surface area contributed by atoms with Gasteiger partial charge in [-0.25, -0.2) is 5.59 Å². The lowest BCUT2D eigenvalue weighted by molar-refractivity contribution is -0.738. The summed E-state index contributed by atoms with van der Waals surface area (Å²) >= 11 is 11.6. The molecule has 0 saturated heterocycles. The Labute approximate surface area is 157 Å². The number of hydrogen-bond donors (Lipinski definition) is 3. The first-order chi connectivity index (χ1) is 9.99. The molecule has 0 radical (unpaired) electrons. The maximum atomic E-state index is 11.5. The van der Waals surface area contributed by atoms with Crippen LogP contribution in [0.4, 0.5) is 5.69 Å². The molecule has 1 rings (SSSR count). The van der Waals surface area contributed by atoms with Gasteiger partial charge in [0.05, 0.1) is 11.8 Å². The fraction of sp³-hybridized carbons (Fsp3) is 0.462. The van der Waals surface area contributed by atoms with E-state index in [-0.39, 0.29) is 35.8 Å². The Bertz CT molecular complexity index is 456. The molecule has 0 aliphatic rings. The molecule has 0 bridgehead atoms. The van der Waals surface area contributed by atoms with Crippen molar-refractivity contribution in [2.45, 2.75) is 12.5 Å². The van der Waals surface area contributed by atoms with Gasteiger partial charge in [0.2, 0.25) is 0 Å². The summed E-state index contributed by atoms with van der Waals surface area (Å²) in [5.41, 5.74) is 7.91. The fourth-order valence-corrected chi connectivity index (χ4v) is 2.71. The number of carboxylic acids is 1. The number of nitrogens with zero attached hydrogens (tertiary/aromatic N) is 1. The van der Waals surface area contributed by atoms with Crippen LogP contribution < -0.4 is 15.9 Å². The second-order valence-corrected chi connectivity index (χ2v) is 5.54. The number of alkyl halides is 2. The van der Waals surface area contributed by atoms with Gasteiger partial charge >= 0.3 is 5.97 Å². The van der Waals surface area contributed by atoms with Gasteiger partial charge in [0.25, 0.3) is 0 Å². The summed E-state index contributed by atoms with van der Waals surface area (Å²) in [5.74, 6) is -0.371. The molecule has 1 aromatic rings. The van der Waals surface area contributed by atoms with Gasteiger partial charge in [-0.2, -0.15) is 0 Å². The van der Waals surface area contributed by atoms with Gasteiger partial charge in [-0.3, -0.25) is 4.79 Å². The summed E-state index contributed by atoms with van der Waals surface area (Å²) in [6, 6.07) is 6.19. The normalized spacial score (nSPS) is 12.0. The lowest BCUT2D eigenvalue weighted by Crippen LogP contribution is -3.01. The van der Waals surface area contributed by atoms with Crippen molar-refractivity contribution in [3.8, 4) is 0 Å². The average Bonchev–Trinajstić information content (AvgIpc) is 2.47. The van der Waals surface area contributed by atoms with Gasteiger partial charge in [0.15, 0.2) is 5.69 Å². The molecule has 6 nitrogen and oxygen atoms in total. The number of carbonyl (C=O) groups is 1. The van der Waals surface area contributed by atoms with Crippen LogP contribution in [0, 0.1) is 5.21 Å². The first kappa shape index (κ1) is 24.9. The minimum Gasteiger partial charge on any atom is -0.585 e. The number of halogens is 4. The molecule has 1 aromatic carbocycles. The Kier molecular flexibility index (Phi) is 13.1. The molecule has 5 N–H and O–H groups in total. The van der Waals surface area contributed by atoms with Crippen LogP contribution in [0.5, 0.6) is 0 Å². The van der Waals surface area contributed by atoms with Crippen molar-refractivity contribution in [1.82, 2.24) is 4.59 Å². The standard InChI is InChI=1S/C13H19Cl2N3O3.2ClH/c14-5-7-18(17-21,8-6-15)11-3-1-10(2-4-11)9-12(16)13(19)20;;/h1-4,12H,5-9,16-17H2;2*1H/p+1/t12-;;/m0../s1. The van der Waals surface area contributed by atoms with Gasteiger partial charge in [-0.05, 0) is 12.0 Å². The van der Waals surface area contributed by atoms with E-state index in [9.17, 15) is 10.0 Å². The summed E-state index contributed by atoms with van der Waals surface area (Å²) in [4.78, 5) is 10.7. The highest BCUT2D eigenvalue weighted by molar-refractivity contribution is 6.18. The molecule has 0 saturated carbocycles. The van der Waals surface area contributed by atoms with Crippen LogP contribution in [0.15, 0.2) is 24.3 Å². The average molecular weight is 410 g/mol. The molecular formula is C13H22Cl4N3O3+. The van der Waals surface area contributed by atoms with Gasteiger partial charge in [-0.15, -0.1) is 52.6 Å². The Morgan fingerprint density at radius 3 is 2.04 bits per heavy atom. The molecule has 134 valence electrons. The zero-order valence-corrected chi connectivity index (χ0v) is 15.5. The van der Waals surface area contributed by atoms with Crippen molar-refractivity contribution in [3.63, 3.8) is 0 Å². The van der Waals surface area contributed by atoms with E-state index < -0.39 is 12.0 Å². The zero-order valence-electron chi connectivity index (χ0n) is 12.4. The van der Waals surface area contributed by atoms with Gasteiger partial charge in [0.1, 0.15) is 19.1 Å². The second kappa shape index (κ2) is 12.1. The van der Waals surface area contributed by atoms with E-state index in [1.807, 2.05) is 0 Å². The Morgan fingerprint density at radius 1 is 1.22 bits per heavy atom. The molecule has 0 heterocycles. The summed E-state index contributed by atoms with van der Waals surface area (Å²) in [6.45, 7) is 0.900. The smallest absolute Gasteiger partial charge is 0.320 e. The minimum atomic E-state index is -1.04. The monoisotopic (exact) mass is 408 g/mol. The van der Waals surface area contributed by atoms with Crippen molar-refractivity contribution in [2.24, 2.45) is 5.73 Å². The van der Waals surface area contributed by atoms with E-state index in [1.54, 1.807) is 24.3 Å². The molecule has 23 heavy (non-hydrogen) atoms. The number of hydrogen-bond acceptors (Lipinski definition) is 3. The van der Waals surface area contributed by atoms with E-state index in [0.29, 0.717) is 24.8 Å². The predicted octanol–water partition coefficient (Wildman–Crippen LogP) is 1.25. The van der Waals surface area contributed by atoms with Crippen molar-refractivity contribution < 1.29 is 15.5 Å². The number of rotatable bonds is 9. The SMILES string of the molecule is Cl.Cl.N[C@@H](Cc1ccc([N+](CCCl)(CCCl)[NH2+][O-])cc1)C(=O)O. The third kappa shape index (κ3) is 6.99. The number of benzene rings is 1. The highest BCUT2D eigenvalue weighted by Crippen LogP contribution is 2.19. The highest BCUT2D eigenvalue weighted by atomic mass is 35.5. The molecule has 0 aliphatic heterocycles. The Balaban J connectivity index is 0. The first-order valence-corrected chi connectivity index (χ1v) is 7.59. The fourth-order valence-electron chi connectivity index (χ4n) is 2.11. The van der Waals surface area contributed by atoms with Gasteiger partial charge in [-0.1, -0.05) is 12.1 Å². The number of carboxylic acid groups (broad SMARTS) is 1. The maximum absolute atomic E-state index is 11.5. The lowest BCUT2D eigenvalue weighted by Gasteiger charge is -2.34. The molecule has 0 fully saturated rings. The van der Waals surface area contributed by atoms with Crippen LogP contribution in [0.2, 0.25) is 0 Å². The van der Waals surface area contributed by atoms with Crippen LogP contribution in [-0.4, -0.2) is 42.0 Å². The second-order valence-electron chi connectivity index (χ2n) is 4.78. The minimum absolute atomic E-state index is 0. The summed E-state index contributed by atoms with van der Waals surface area (Å²) in [7, 11) is 0. The van der Waals surface area contributed by atoms with E-state index in [1.165, 1.54) is 0 Å². The number of aliphatic carboxylic acids is 1. The van der Waals surface area contributed by atoms with Crippen LogP contribution in [0.1, 0.15) is 5.56 Å². The van der Waals surface area contributed by atoms with E-state index in [4.69, 9.17) is 34.0 Å². The van der Waals surface area contributed by atoms with Crippen molar-refractivity contribution in [2.75, 3.05) is 24.8 Å². The van der Waals surface area contributed by atoms with Crippen molar-refractivity contribution in [1.29, 1.82) is 0 Å². The largest absolute Gasteiger partial charge is 0.585 e. The molecule has 1 atom stereocenters. The number of quaternary nitrogens is 2. The summed E-state index contributed by atoms with van der Waals surface area (Å²) in [5, 5.41) is 20.3. The zero-order chi connectivity index (χ0) is 15.9.